The van der Waals surface area contributed by atoms with E-state index in [1.54, 1.807) is 18.7 Å². The molecule has 2 aliphatic rings. The molecule has 3 rings (SSSR count). The van der Waals surface area contributed by atoms with Crippen LogP contribution >= 0.6 is 0 Å². The lowest BCUT2D eigenvalue weighted by atomic mass is 9.91. The minimum Gasteiger partial charge on any atom is -0.341 e. The number of likely N-dealkylation sites (tertiary alicyclic amines) is 1. The van der Waals surface area contributed by atoms with E-state index >= 15 is 0 Å². The van der Waals surface area contributed by atoms with Crippen LogP contribution in [0.2, 0.25) is 0 Å². The fourth-order valence-corrected chi connectivity index (χ4v) is 3.85. The lowest BCUT2D eigenvalue weighted by Gasteiger charge is -2.35. The molecule has 0 saturated carbocycles. The van der Waals surface area contributed by atoms with Gasteiger partial charge in [-0.15, -0.1) is 0 Å². The standard InChI is InChI=1S/C20H25F2N3O3/c1-20(2)18(27)23-19(28)25(20)12-17(26)24-10-4-5-13(11-24)8-9-14-15(21)6-3-7-16(14)22/h3,6-7,13H,4-5,8-12H2,1-2H3,(H,23,27,28)/t13-/m1/s1. The second-order valence-electron chi connectivity index (χ2n) is 7.99. The number of piperidine rings is 1. The number of nitrogens with zero attached hydrogens (tertiary/aromatic N) is 2. The lowest BCUT2D eigenvalue weighted by Crippen LogP contribution is -2.51. The van der Waals surface area contributed by atoms with Crippen molar-refractivity contribution in [2.75, 3.05) is 19.6 Å². The Labute approximate surface area is 162 Å². The number of hydrogen-bond acceptors (Lipinski definition) is 3. The molecule has 6 nitrogen and oxygen atoms in total. The summed E-state index contributed by atoms with van der Waals surface area (Å²) in [5.74, 6) is -1.60. The summed E-state index contributed by atoms with van der Waals surface area (Å²) in [5.41, 5.74) is -0.982. The first-order valence-corrected chi connectivity index (χ1v) is 9.54. The maximum Gasteiger partial charge on any atom is 0.325 e. The summed E-state index contributed by atoms with van der Waals surface area (Å²) in [6.07, 6.45) is 2.54. The molecule has 0 radical (unpaired) electrons. The van der Waals surface area contributed by atoms with E-state index in [0.717, 1.165) is 12.8 Å². The normalized spacial score (nSPS) is 21.8. The number of halogens is 2. The van der Waals surface area contributed by atoms with Gasteiger partial charge in [0.1, 0.15) is 23.7 Å². The van der Waals surface area contributed by atoms with Crippen molar-refractivity contribution in [2.45, 2.75) is 45.1 Å². The topological polar surface area (TPSA) is 69.7 Å². The Morgan fingerprint density at radius 1 is 1.25 bits per heavy atom. The second-order valence-corrected chi connectivity index (χ2v) is 7.99. The first-order valence-electron chi connectivity index (χ1n) is 9.54. The molecule has 0 aliphatic carbocycles. The number of benzene rings is 1. The van der Waals surface area contributed by atoms with Crippen LogP contribution in [0.1, 0.15) is 38.7 Å². The van der Waals surface area contributed by atoms with Crippen molar-refractivity contribution in [1.82, 2.24) is 15.1 Å². The van der Waals surface area contributed by atoms with Crippen LogP contribution in [0.15, 0.2) is 18.2 Å². The van der Waals surface area contributed by atoms with E-state index in [1.165, 1.54) is 23.1 Å². The number of imide groups is 1. The Hall–Kier alpha value is -2.51. The summed E-state index contributed by atoms with van der Waals surface area (Å²) >= 11 is 0. The molecule has 152 valence electrons. The van der Waals surface area contributed by atoms with E-state index in [9.17, 15) is 23.2 Å². The highest BCUT2D eigenvalue weighted by atomic mass is 19.1. The number of carbonyl (C=O) groups is 3. The van der Waals surface area contributed by atoms with E-state index in [0.29, 0.717) is 19.5 Å². The predicted octanol–water partition coefficient (Wildman–Crippen LogP) is 2.47. The van der Waals surface area contributed by atoms with Crippen LogP contribution < -0.4 is 5.32 Å². The van der Waals surface area contributed by atoms with E-state index in [-0.39, 0.29) is 30.4 Å². The van der Waals surface area contributed by atoms with E-state index in [4.69, 9.17) is 0 Å². The third-order valence-corrected chi connectivity index (χ3v) is 5.73. The molecular formula is C20H25F2N3O3. The maximum absolute atomic E-state index is 13.8. The quantitative estimate of drug-likeness (QED) is 0.782. The van der Waals surface area contributed by atoms with Crippen LogP contribution in [0.5, 0.6) is 0 Å². The summed E-state index contributed by atoms with van der Waals surface area (Å²) < 4.78 is 27.6. The average Bonchev–Trinajstić information content (AvgIpc) is 2.83. The molecule has 1 aromatic carbocycles. The van der Waals surface area contributed by atoms with Crippen molar-refractivity contribution >= 4 is 17.8 Å². The number of hydrogen-bond donors (Lipinski definition) is 1. The first kappa shape index (κ1) is 20.2. The van der Waals surface area contributed by atoms with Gasteiger partial charge in [0.15, 0.2) is 0 Å². The molecule has 1 atom stereocenters. The van der Waals surface area contributed by atoms with Crippen molar-refractivity contribution in [1.29, 1.82) is 0 Å². The van der Waals surface area contributed by atoms with Gasteiger partial charge in [0.05, 0.1) is 0 Å². The van der Waals surface area contributed by atoms with E-state index in [1.807, 2.05) is 0 Å². The van der Waals surface area contributed by atoms with Crippen molar-refractivity contribution in [2.24, 2.45) is 5.92 Å². The smallest absolute Gasteiger partial charge is 0.325 e. The predicted molar refractivity (Wildman–Crippen MR) is 98.3 cm³/mol. The summed E-state index contributed by atoms with van der Waals surface area (Å²) in [7, 11) is 0. The van der Waals surface area contributed by atoms with Gasteiger partial charge in [0.2, 0.25) is 5.91 Å². The van der Waals surface area contributed by atoms with Crippen LogP contribution in [0.3, 0.4) is 0 Å². The molecule has 1 N–H and O–H groups in total. The van der Waals surface area contributed by atoms with Crippen molar-refractivity contribution in [3.05, 3.63) is 35.4 Å². The molecule has 0 unspecified atom stereocenters. The maximum atomic E-state index is 13.8. The molecule has 28 heavy (non-hydrogen) atoms. The average molecular weight is 393 g/mol. The highest BCUT2D eigenvalue weighted by molar-refractivity contribution is 6.07. The van der Waals surface area contributed by atoms with Crippen LogP contribution in [-0.2, 0) is 16.0 Å². The van der Waals surface area contributed by atoms with Gasteiger partial charge in [0.25, 0.3) is 5.91 Å². The fraction of sp³-hybridized carbons (Fsp3) is 0.550. The highest BCUT2D eigenvalue weighted by Gasteiger charge is 2.46. The van der Waals surface area contributed by atoms with Crippen LogP contribution in [0, 0.1) is 17.6 Å². The Morgan fingerprint density at radius 3 is 2.54 bits per heavy atom. The zero-order valence-electron chi connectivity index (χ0n) is 16.1. The minimum atomic E-state index is -1.07. The molecule has 0 aromatic heterocycles. The van der Waals surface area contributed by atoms with Gasteiger partial charge in [-0.25, -0.2) is 13.6 Å². The fourth-order valence-electron chi connectivity index (χ4n) is 3.85. The molecule has 2 heterocycles. The third-order valence-electron chi connectivity index (χ3n) is 5.73. The molecule has 2 saturated heterocycles. The van der Waals surface area contributed by atoms with Gasteiger partial charge >= 0.3 is 6.03 Å². The zero-order chi connectivity index (χ0) is 20.5. The highest BCUT2D eigenvalue weighted by Crippen LogP contribution is 2.25. The Bertz CT molecular complexity index is 777. The third kappa shape index (κ3) is 4.00. The Kier molecular flexibility index (Phi) is 5.67. The summed E-state index contributed by atoms with van der Waals surface area (Å²) in [5, 5.41) is 2.23. The van der Waals surface area contributed by atoms with Crippen molar-refractivity contribution in [3.63, 3.8) is 0 Å². The molecule has 4 amide bonds. The lowest BCUT2D eigenvalue weighted by molar-refractivity contribution is -0.135. The van der Waals surface area contributed by atoms with Crippen LogP contribution in [0.25, 0.3) is 0 Å². The Balaban J connectivity index is 1.58. The van der Waals surface area contributed by atoms with Gasteiger partial charge in [-0.05, 0) is 57.6 Å². The largest absolute Gasteiger partial charge is 0.341 e. The molecular weight excluding hydrogens is 368 g/mol. The van der Waals surface area contributed by atoms with E-state index < -0.39 is 29.1 Å². The second kappa shape index (κ2) is 7.85. The summed E-state index contributed by atoms with van der Waals surface area (Å²) in [6.45, 7) is 4.09. The first-order chi connectivity index (χ1) is 13.2. The SMILES string of the molecule is CC1(C)C(=O)NC(=O)N1CC(=O)N1CCC[C@H](CCc2c(F)cccc2F)C1. The van der Waals surface area contributed by atoms with Gasteiger partial charge in [-0.1, -0.05) is 6.07 Å². The van der Waals surface area contributed by atoms with Gasteiger partial charge in [-0.2, -0.15) is 0 Å². The van der Waals surface area contributed by atoms with Crippen molar-refractivity contribution < 1.29 is 23.2 Å². The number of amides is 4. The molecule has 8 heteroatoms. The molecule has 2 aliphatic heterocycles. The minimum absolute atomic E-state index is 0.0833. The monoisotopic (exact) mass is 393 g/mol. The molecule has 2 fully saturated rings. The molecule has 1 aromatic rings. The van der Waals surface area contributed by atoms with Gasteiger partial charge < -0.3 is 9.80 Å². The molecule has 0 spiro atoms. The summed E-state index contributed by atoms with van der Waals surface area (Å²) in [6, 6.07) is 3.28. The molecule has 0 bridgehead atoms. The number of rotatable bonds is 5. The summed E-state index contributed by atoms with van der Waals surface area (Å²) in [4.78, 5) is 39.4. The van der Waals surface area contributed by atoms with Crippen LogP contribution in [-0.4, -0.2) is 52.8 Å². The number of nitrogens with one attached hydrogen (secondary N) is 1. The Morgan fingerprint density at radius 2 is 1.93 bits per heavy atom. The van der Waals surface area contributed by atoms with Gasteiger partial charge in [0, 0.05) is 18.7 Å². The van der Waals surface area contributed by atoms with Crippen molar-refractivity contribution in [3.8, 4) is 0 Å². The number of carbonyl (C=O) groups excluding carboxylic acids is 3. The number of urea groups is 1. The van der Waals surface area contributed by atoms with E-state index in [2.05, 4.69) is 5.32 Å². The van der Waals surface area contributed by atoms with Crippen LogP contribution in [0.4, 0.5) is 13.6 Å². The van der Waals surface area contributed by atoms with Gasteiger partial charge in [-0.3, -0.25) is 14.9 Å². The zero-order valence-corrected chi connectivity index (χ0v) is 16.1.